The molecule has 0 saturated heterocycles. The maximum absolute atomic E-state index is 5.69. The Hall–Kier alpha value is -2.15. The fourth-order valence-corrected chi connectivity index (χ4v) is 2.22. The van der Waals surface area contributed by atoms with Crippen molar-refractivity contribution in [2.24, 2.45) is 0 Å². The largest absolute Gasteiger partial charge is 0.431 e. The van der Waals surface area contributed by atoms with Crippen molar-refractivity contribution in [1.29, 1.82) is 0 Å². The zero-order valence-electron chi connectivity index (χ0n) is 10.4. The van der Waals surface area contributed by atoms with Crippen molar-refractivity contribution in [3.8, 4) is 0 Å². The van der Waals surface area contributed by atoms with Gasteiger partial charge < -0.3 is 10.2 Å². The molecule has 0 saturated carbocycles. The molecular weight excluding hydrogens is 262 g/mol. The molecule has 0 bridgehead atoms. The number of hydrogen-bond acceptors (Lipinski definition) is 7. The lowest BCUT2D eigenvalue weighted by atomic mass is 10.3. The summed E-state index contributed by atoms with van der Waals surface area (Å²) in [5.74, 6) is 0. The van der Waals surface area contributed by atoms with Crippen LogP contribution in [0.25, 0.3) is 11.1 Å². The second-order valence-electron chi connectivity index (χ2n) is 4.07. The molecule has 3 aromatic rings. The topological polar surface area (TPSA) is 90.7 Å². The third-order valence-electron chi connectivity index (χ3n) is 2.64. The molecule has 1 aromatic carbocycles. The summed E-state index contributed by atoms with van der Waals surface area (Å²) in [5.41, 5.74) is 9.41. The lowest BCUT2D eigenvalue weighted by Crippen LogP contribution is -1.97. The molecule has 2 N–H and O–H groups in total. The molecule has 2 aromatic heterocycles. The molecule has 2 heterocycles. The summed E-state index contributed by atoms with van der Waals surface area (Å²) in [6, 6.07) is 5.34. The first-order valence-corrected chi connectivity index (χ1v) is 6.45. The summed E-state index contributed by atoms with van der Waals surface area (Å²) in [6.45, 7) is 3.76. The van der Waals surface area contributed by atoms with E-state index in [4.69, 9.17) is 10.2 Å². The first kappa shape index (κ1) is 11.9. The fraction of sp³-hybridized carbons (Fsp3) is 0.167. The predicted octanol–water partition coefficient (Wildman–Crippen LogP) is 2.36. The van der Waals surface area contributed by atoms with Crippen LogP contribution in [0.15, 0.2) is 33.0 Å². The molecule has 0 atom stereocenters. The number of aromatic nitrogens is 4. The molecular formula is C12H11N5OS. The van der Waals surface area contributed by atoms with Gasteiger partial charge in [-0.15, -0.1) is 5.10 Å². The van der Waals surface area contributed by atoms with Gasteiger partial charge in [-0.3, -0.25) is 0 Å². The van der Waals surface area contributed by atoms with Gasteiger partial charge in [-0.05, 0) is 26.0 Å². The third-order valence-corrected chi connectivity index (χ3v) is 3.35. The lowest BCUT2D eigenvalue weighted by molar-refractivity contribution is 0.488. The van der Waals surface area contributed by atoms with Crippen LogP contribution < -0.4 is 5.73 Å². The fourth-order valence-electron chi connectivity index (χ4n) is 1.52. The number of nitrogens with zero attached hydrogens (tertiary/aromatic N) is 4. The third kappa shape index (κ3) is 2.37. The molecule has 0 amide bonds. The molecule has 96 valence electrons. The number of nitrogen functional groups attached to an aromatic ring is 1. The van der Waals surface area contributed by atoms with Gasteiger partial charge in [0.05, 0.1) is 11.4 Å². The zero-order chi connectivity index (χ0) is 13.4. The zero-order valence-corrected chi connectivity index (χ0v) is 11.2. The van der Waals surface area contributed by atoms with Crippen LogP contribution in [0.1, 0.15) is 11.4 Å². The Kier molecular flexibility index (Phi) is 2.83. The lowest BCUT2D eigenvalue weighted by Gasteiger charge is -1.98. The van der Waals surface area contributed by atoms with E-state index in [-0.39, 0.29) is 0 Å². The van der Waals surface area contributed by atoms with Gasteiger partial charge in [0.1, 0.15) is 5.52 Å². The van der Waals surface area contributed by atoms with Gasteiger partial charge in [-0.1, -0.05) is 0 Å². The van der Waals surface area contributed by atoms with Gasteiger partial charge in [0, 0.05) is 23.5 Å². The second kappa shape index (κ2) is 4.51. The highest BCUT2D eigenvalue weighted by atomic mass is 32.2. The molecule has 6 nitrogen and oxygen atoms in total. The summed E-state index contributed by atoms with van der Waals surface area (Å²) in [5, 5.41) is 9.01. The van der Waals surface area contributed by atoms with Crippen molar-refractivity contribution in [2.45, 2.75) is 24.2 Å². The first-order chi connectivity index (χ1) is 9.11. The van der Waals surface area contributed by atoms with Gasteiger partial charge >= 0.3 is 0 Å². The van der Waals surface area contributed by atoms with Gasteiger partial charge in [-0.25, -0.2) is 9.97 Å². The quantitative estimate of drug-likeness (QED) is 0.716. The molecule has 0 radical (unpaired) electrons. The number of rotatable bonds is 2. The summed E-state index contributed by atoms with van der Waals surface area (Å²) in [7, 11) is 0. The first-order valence-electron chi connectivity index (χ1n) is 5.63. The number of benzene rings is 1. The predicted molar refractivity (Wildman–Crippen MR) is 71.8 cm³/mol. The standard InChI is InChI=1S/C12H11N5OS/c1-6-7(2)16-17-11(14-6)19-12-15-9-4-3-8(13)5-10(9)18-12/h3-5H,13H2,1-2H3. The Bertz CT molecular complexity index is 755. The maximum atomic E-state index is 5.69. The number of oxazole rings is 1. The van der Waals surface area contributed by atoms with Crippen molar-refractivity contribution in [3.05, 3.63) is 29.6 Å². The highest BCUT2D eigenvalue weighted by molar-refractivity contribution is 7.98. The summed E-state index contributed by atoms with van der Waals surface area (Å²) in [4.78, 5) is 8.65. The highest BCUT2D eigenvalue weighted by Crippen LogP contribution is 2.28. The van der Waals surface area contributed by atoms with Crippen LogP contribution in [-0.4, -0.2) is 20.2 Å². The SMILES string of the molecule is Cc1nnc(Sc2nc3ccc(N)cc3o2)nc1C. The number of fused-ring (bicyclic) bond motifs is 1. The van der Waals surface area contributed by atoms with E-state index in [2.05, 4.69) is 20.2 Å². The van der Waals surface area contributed by atoms with Crippen LogP contribution in [0.5, 0.6) is 0 Å². The molecule has 3 rings (SSSR count). The Morgan fingerprint density at radius 3 is 2.74 bits per heavy atom. The molecule has 19 heavy (non-hydrogen) atoms. The minimum Gasteiger partial charge on any atom is -0.431 e. The minimum absolute atomic E-state index is 0.477. The van der Waals surface area contributed by atoms with E-state index in [1.54, 1.807) is 12.1 Å². The van der Waals surface area contributed by atoms with E-state index in [9.17, 15) is 0 Å². The Labute approximate surface area is 113 Å². The van der Waals surface area contributed by atoms with E-state index in [0.717, 1.165) is 16.9 Å². The summed E-state index contributed by atoms with van der Waals surface area (Å²) >= 11 is 1.24. The molecule has 0 spiro atoms. The van der Waals surface area contributed by atoms with Crippen LogP contribution in [0.4, 0.5) is 5.69 Å². The smallest absolute Gasteiger partial charge is 0.264 e. The summed E-state index contributed by atoms with van der Waals surface area (Å²) in [6.07, 6.45) is 0. The van der Waals surface area contributed by atoms with Crippen LogP contribution in [0.2, 0.25) is 0 Å². The van der Waals surface area contributed by atoms with E-state index in [1.807, 2.05) is 19.9 Å². The van der Waals surface area contributed by atoms with Crippen molar-refractivity contribution >= 4 is 28.5 Å². The normalized spacial score (nSPS) is 11.1. The van der Waals surface area contributed by atoms with E-state index in [1.165, 1.54) is 11.8 Å². The van der Waals surface area contributed by atoms with Gasteiger partial charge in [0.15, 0.2) is 5.58 Å². The van der Waals surface area contributed by atoms with Crippen LogP contribution in [0.3, 0.4) is 0 Å². The van der Waals surface area contributed by atoms with Crippen LogP contribution in [0, 0.1) is 13.8 Å². The van der Waals surface area contributed by atoms with Crippen molar-refractivity contribution in [3.63, 3.8) is 0 Å². The Morgan fingerprint density at radius 1 is 1.11 bits per heavy atom. The molecule has 0 aliphatic heterocycles. The van der Waals surface area contributed by atoms with Gasteiger partial charge in [0.25, 0.3) is 5.22 Å². The molecule has 7 heteroatoms. The number of anilines is 1. The van der Waals surface area contributed by atoms with Gasteiger partial charge in [-0.2, -0.15) is 5.10 Å². The average Bonchev–Trinajstić information content (AvgIpc) is 2.75. The van der Waals surface area contributed by atoms with Crippen molar-refractivity contribution in [2.75, 3.05) is 5.73 Å². The highest BCUT2D eigenvalue weighted by Gasteiger charge is 2.10. The van der Waals surface area contributed by atoms with Crippen LogP contribution >= 0.6 is 11.8 Å². The molecule has 0 unspecified atom stereocenters. The number of hydrogen-bond donors (Lipinski definition) is 1. The minimum atomic E-state index is 0.477. The summed E-state index contributed by atoms with van der Waals surface area (Å²) < 4.78 is 5.59. The van der Waals surface area contributed by atoms with E-state index < -0.39 is 0 Å². The monoisotopic (exact) mass is 273 g/mol. The number of aryl methyl sites for hydroxylation is 2. The molecule has 0 aliphatic carbocycles. The average molecular weight is 273 g/mol. The molecule has 0 fully saturated rings. The van der Waals surface area contributed by atoms with E-state index in [0.29, 0.717) is 21.6 Å². The maximum Gasteiger partial charge on any atom is 0.264 e. The second-order valence-corrected chi connectivity index (χ2v) is 4.99. The van der Waals surface area contributed by atoms with E-state index >= 15 is 0 Å². The Balaban J connectivity index is 1.94. The van der Waals surface area contributed by atoms with Gasteiger partial charge in [0.2, 0.25) is 5.16 Å². The van der Waals surface area contributed by atoms with Crippen LogP contribution in [-0.2, 0) is 0 Å². The van der Waals surface area contributed by atoms with Crippen molar-refractivity contribution < 1.29 is 4.42 Å². The number of nitrogens with two attached hydrogens (primary N) is 1. The molecule has 0 aliphatic rings. The Morgan fingerprint density at radius 2 is 1.95 bits per heavy atom. The van der Waals surface area contributed by atoms with Crippen molar-refractivity contribution in [1.82, 2.24) is 20.2 Å².